The van der Waals surface area contributed by atoms with E-state index >= 15 is 0 Å². The number of pyridine rings is 1. The van der Waals surface area contributed by atoms with Gasteiger partial charge in [0.15, 0.2) is 0 Å². The average Bonchev–Trinajstić information content (AvgIpc) is 2.61. The molecule has 1 N–H and O–H groups in total. The molecular formula is C20H21N3O2. The van der Waals surface area contributed by atoms with Crippen LogP contribution in [0.4, 0.5) is 5.69 Å². The summed E-state index contributed by atoms with van der Waals surface area (Å²) in [6, 6.07) is 13.3. The highest BCUT2D eigenvalue weighted by Crippen LogP contribution is 2.21. The fourth-order valence-corrected chi connectivity index (χ4v) is 3.02. The second-order valence-corrected chi connectivity index (χ2v) is 6.12. The van der Waals surface area contributed by atoms with Crippen molar-refractivity contribution in [2.24, 2.45) is 0 Å². The van der Waals surface area contributed by atoms with E-state index in [0.29, 0.717) is 17.8 Å². The molecule has 1 aromatic carbocycles. The van der Waals surface area contributed by atoms with Crippen molar-refractivity contribution >= 4 is 17.2 Å². The average molecular weight is 335 g/mol. The Balaban J connectivity index is 2.00. The first-order valence-corrected chi connectivity index (χ1v) is 8.37. The maximum absolute atomic E-state index is 12.8. The lowest BCUT2D eigenvalue weighted by atomic mass is 9.95. The number of carbonyl (C=O) groups excluding carboxylic acids is 1. The van der Waals surface area contributed by atoms with E-state index in [1.165, 1.54) is 4.40 Å². The third-order valence-electron chi connectivity index (χ3n) is 4.41. The summed E-state index contributed by atoms with van der Waals surface area (Å²) in [6.07, 6.45) is 2.32. The van der Waals surface area contributed by atoms with Gasteiger partial charge in [-0.2, -0.15) is 0 Å². The van der Waals surface area contributed by atoms with Crippen LogP contribution in [0, 0.1) is 13.8 Å². The Kier molecular flexibility index (Phi) is 4.65. The first-order valence-electron chi connectivity index (χ1n) is 8.37. The van der Waals surface area contributed by atoms with Gasteiger partial charge in [0, 0.05) is 6.20 Å². The smallest absolute Gasteiger partial charge is 0.281 e. The van der Waals surface area contributed by atoms with E-state index in [0.717, 1.165) is 11.1 Å². The van der Waals surface area contributed by atoms with E-state index in [9.17, 15) is 9.59 Å². The van der Waals surface area contributed by atoms with Crippen LogP contribution in [0.5, 0.6) is 0 Å². The minimum atomic E-state index is -0.307. The molecule has 0 saturated heterocycles. The van der Waals surface area contributed by atoms with Crippen LogP contribution in [0.1, 0.15) is 36.1 Å². The zero-order valence-corrected chi connectivity index (χ0v) is 14.6. The molecule has 0 aliphatic heterocycles. The molecule has 0 aliphatic carbocycles. The van der Waals surface area contributed by atoms with Gasteiger partial charge in [0.05, 0.1) is 11.6 Å². The zero-order valence-electron chi connectivity index (χ0n) is 14.6. The van der Waals surface area contributed by atoms with Crippen LogP contribution >= 0.6 is 0 Å². The minimum Gasteiger partial charge on any atom is -0.319 e. The maximum atomic E-state index is 12.8. The van der Waals surface area contributed by atoms with Crippen LogP contribution in [0.2, 0.25) is 0 Å². The summed E-state index contributed by atoms with van der Waals surface area (Å²) < 4.78 is 1.47. The van der Waals surface area contributed by atoms with Crippen molar-refractivity contribution < 1.29 is 4.79 Å². The minimum absolute atomic E-state index is 0.191. The molecule has 25 heavy (non-hydrogen) atoms. The highest BCUT2D eigenvalue weighted by molar-refractivity contribution is 5.96. The number of hydrogen-bond acceptors (Lipinski definition) is 3. The number of nitrogens with one attached hydrogen (secondary N) is 1. The number of fused-ring (bicyclic) bond motifs is 1. The number of aromatic nitrogens is 2. The number of carbonyl (C=O) groups is 1. The molecule has 0 fully saturated rings. The van der Waals surface area contributed by atoms with E-state index in [2.05, 4.69) is 10.3 Å². The van der Waals surface area contributed by atoms with Crippen molar-refractivity contribution in [2.45, 2.75) is 33.1 Å². The van der Waals surface area contributed by atoms with Gasteiger partial charge in [-0.1, -0.05) is 43.3 Å². The number of anilines is 1. The molecule has 0 saturated carbocycles. The van der Waals surface area contributed by atoms with Crippen LogP contribution in [0.15, 0.2) is 53.5 Å². The normalized spacial score (nSPS) is 12.1. The van der Waals surface area contributed by atoms with Crippen molar-refractivity contribution in [2.75, 3.05) is 5.32 Å². The monoisotopic (exact) mass is 335 g/mol. The van der Waals surface area contributed by atoms with Gasteiger partial charge in [0.2, 0.25) is 5.91 Å². The van der Waals surface area contributed by atoms with Gasteiger partial charge < -0.3 is 5.32 Å². The van der Waals surface area contributed by atoms with Gasteiger partial charge in [-0.15, -0.1) is 0 Å². The van der Waals surface area contributed by atoms with Crippen molar-refractivity contribution in [1.29, 1.82) is 0 Å². The van der Waals surface area contributed by atoms with Gasteiger partial charge in [-0.3, -0.25) is 14.0 Å². The first kappa shape index (κ1) is 16.9. The lowest BCUT2D eigenvalue weighted by Gasteiger charge is -2.16. The van der Waals surface area contributed by atoms with Crippen molar-refractivity contribution in [3.63, 3.8) is 0 Å². The molecule has 0 unspecified atom stereocenters. The number of benzene rings is 1. The summed E-state index contributed by atoms with van der Waals surface area (Å²) in [5.74, 6) is -0.499. The van der Waals surface area contributed by atoms with E-state index in [1.54, 1.807) is 19.2 Å². The Morgan fingerprint density at radius 1 is 1.16 bits per heavy atom. The predicted octanol–water partition coefficient (Wildman–Crippen LogP) is 3.44. The van der Waals surface area contributed by atoms with Gasteiger partial charge in [-0.05, 0) is 37.5 Å². The molecule has 1 atom stereocenters. The Morgan fingerprint density at radius 2 is 1.88 bits per heavy atom. The van der Waals surface area contributed by atoms with Gasteiger partial charge >= 0.3 is 0 Å². The highest BCUT2D eigenvalue weighted by atomic mass is 16.2. The molecule has 128 valence electrons. The van der Waals surface area contributed by atoms with Crippen molar-refractivity contribution in [3.05, 3.63) is 75.8 Å². The lowest BCUT2D eigenvalue weighted by molar-refractivity contribution is -0.117. The lowest BCUT2D eigenvalue weighted by Crippen LogP contribution is -2.28. The summed E-state index contributed by atoms with van der Waals surface area (Å²) >= 11 is 0. The van der Waals surface area contributed by atoms with E-state index in [4.69, 9.17) is 0 Å². The Morgan fingerprint density at radius 3 is 2.56 bits per heavy atom. The number of aryl methyl sites for hydroxylation is 2. The van der Waals surface area contributed by atoms with Crippen LogP contribution in [-0.2, 0) is 4.79 Å². The van der Waals surface area contributed by atoms with E-state index < -0.39 is 0 Å². The third kappa shape index (κ3) is 3.18. The summed E-state index contributed by atoms with van der Waals surface area (Å²) in [5.41, 5.74) is 2.96. The summed E-state index contributed by atoms with van der Waals surface area (Å²) in [6.45, 7) is 5.61. The number of nitrogens with zero attached hydrogens (tertiary/aromatic N) is 2. The van der Waals surface area contributed by atoms with Crippen molar-refractivity contribution in [1.82, 2.24) is 9.38 Å². The van der Waals surface area contributed by atoms with Gasteiger partial charge in [0.1, 0.15) is 11.3 Å². The predicted molar refractivity (Wildman–Crippen MR) is 99.0 cm³/mol. The van der Waals surface area contributed by atoms with E-state index in [-0.39, 0.29) is 23.1 Å². The Labute approximate surface area is 146 Å². The topological polar surface area (TPSA) is 63.5 Å². The zero-order chi connectivity index (χ0) is 18.0. The van der Waals surface area contributed by atoms with Crippen LogP contribution in [-0.4, -0.2) is 15.3 Å². The molecular weight excluding hydrogens is 314 g/mol. The summed E-state index contributed by atoms with van der Waals surface area (Å²) in [4.78, 5) is 30.1. The molecule has 0 aliphatic rings. The highest BCUT2D eigenvalue weighted by Gasteiger charge is 2.21. The second kappa shape index (κ2) is 6.89. The third-order valence-corrected chi connectivity index (χ3v) is 4.41. The van der Waals surface area contributed by atoms with Crippen LogP contribution in [0.3, 0.4) is 0 Å². The van der Waals surface area contributed by atoms with Crippen molar-refractivity contribution in [3.8, 4) is 0 Å². The maximum Gasteiger partial charge on any atom is 0.281 e. The number of amides is 1. The molecule has 2 heterocycles. The Bertz CT molecular complexity index is 977. The quantitative estimate of drug-likeness (QED) is 0.794. The molecule has 0 bridgehead atoms. The molecule has 3 rings (SSSR count). The standard InChI is InChI=1S/C20H21N3O2/c1-4-16(15-10-6-5-7-11-15)19(24)22-17-14(3)21-18-13(2)9-8-12-23(18)20(17)25/h5-12,16H,4H2,1-3H3,(H,22,24)/t16-/m1/s1. The van der Waals surface area contributed by atoms with E-state index in [1.807, 2.05) is 50.2 Å². The fraction of sp³-hybridized carbons (Fsp3) is 0.250. The second-order valence-electron chi connectivity index (χ2n) is 6.12. The molecule has 2 aromatic heterocycles. The largest absolute Gasteiger partial charge is 0.319 e. The molecule has 1 amide bonds. The Hall–Kier alpha value is -2.95. The molecule has 3 aromatic rings. The molecule has 5 nitrogen and oxygen atoms in total. The number of hydrogen-bond donors (Lipinski definition) is 1. The molecule has 5 heteroatoms. The number of rotatable bonds is 4. The summed E-state index contributed by atoms with van der Waals surface area (Å²) in [5, 5.41) is 2.80. The first-order chi connectivity index (χ1) is 12.0. The van der Waals surface area contributed by atoms with Gasteiger partial charge in [0.25, 0.3) is 5.56 Å². The van der Waals surface area contributed by atoms with Crippen LogP contribution in [0.25, 0.3) is 5.65 Å². The SMILES string of the molecule is CC[C@@H](C(=O)Nc1c(C)nc2c(C)cccn2c1=O)c1ccccc1. The van der Waals surface area contributed by atoms with Gasteiger partial charge in [-0.25, -0.2) is 4.98 Å². The fourth-order valence-electron chi connectivity index (χ4n) is 3.02. The molecule has 0 spiro atoms. The molecule has 0 radical (unpaired) electrons. The van der Waals surface area contributed by atoms with Crippen LogP contribution < -0.4 is 10.9 Å². The summed E-state index contributed by atoms with van der Waals surface area (Å²) in [7, 11) is 0.